The third-order valence-corrected chi connectivity index (χ3v) is 5.20. The summed E-state index contributed by atoms with van der Waals surface area (Å²) in [6.45, 7) is 0. The average Bonchev–Trinajstić information content (AvgIpc) is 2.90. The molecule has 2 aromatic rings. The summed E-state index contributed by atoms with van der Waals surface area (Å²) in [4.78, 5) is 0.168. The molecule has 1 heterocycles. The first-order chi connectivity index (χ1) is 9.54. The molecule has 0 amide bonds. The van der Waals surface area contributed by atoms with Crippen LogP contribution in [0.5, 0.6) is 5.75 Å². The highest BCUT2D eigenvalue weighted by Gasteiger charge is 2.21. The van der Waals surface area contributed by atoms with Gasteiger partial charge >= 0.3 is 0 Å². The molecule has 108 valence electrons. The summed E-state index contributed by atoms with van der Waals surface area (Å²) >= 11 is 11.6. The van der Waals surface area contributed by atoms with Crippen LogP contribution in [0.25, 0.3) is 0 Å². The summed E-state index contributed by atoms with van der Waals surface area (Å²) in [7, 11) is -2.16. The van der Waals surface area contributed by atoms with Crippen LogP contribution in [-0.4, -0.2) is 19.5 Å². The van der Waals surface area contributed by atoms with E-state index >= 15 is 0 Å². The Morgan fingerprint density at radius 1 is 1.10 bits per heavy atom. The Hall–Kier alpha value is -1.17. The fraction of sp³-hybridized carbons (Fsp3) is 0.231. The lowest BCUT2D eigenvalue weighted by Crippen LogP contribution is -2.14. The second kappa shape index (κ2) is 6.08. The third kappa shape index (κ3) is 2.66. The van der Waals surface area contributed by atoms with E-state index in [4.69, 9.17) is 27.9 Å². The van der Waals surface area contributed by atoms with E-state index < -0.39 is 10.0 Å². The highest BCUT2D eigenvalue weighted by atomic mass is 35.5. The minimum Gasteiger partial charge on any atom is -0.497 e. The van der Waals surface area contributed by atoms with Gasteiger partial charge in [0.05, 0.1) is 23.6 Å². The van der Waals surface area contributed by atoms with Gasteiger partial charge in [0.2, 0.25) is 0 Å². The van der Waals surface area contributed by atoms with Crippen LogP contribution >= 0.6 is 23.2 Å². The summed E-state index contributed by atoms with van der Waals surface area (Å²) in [5.41, 5.74) is 1.19. The van der Waals surface area contributed by atoms with E-state index in [2.05, 4.69) is 0 Å². The molecule has 20 heavy (non-hydrogen) atoms. The lowest BCUT2D eigenvalue weighted by atomic mass is 10.3. The molecule has 0 aliphatic rings. The maximum absolute atomic E-state index is 12.6. The van der Waals surface area contributed by atoms with E-state index in [1.807, 2.05) is 0 Å². The van der Waals surface area contributed by atoms with Crippen molar-refractivity contribution < 1.29 is 13.2 Å². The zero-order valence-electron chi connectivity index (χ0n) is 10.7. The predicted octanol–water partition coefficient (Wildman–Crippen LogP) is 3.21. The topological polar surface area (TPSA) is 48.3 Å². The van der Waals surface area contributed by atoms with Crippen LogP contribution in [0, 0.1) is 0 Å². The van der Waals surface area contributed by atoms with E-state index in [-0.39, 0.29) is 16.7 Å². The van der Waals surface area contributed by atoms with Gasteiger partial charge in [-0.25, -0.2) is 12.4 Å². The quantitative estimate of drug-likeness (QED) is 0.789. The first-order valence-electron chi connectivity index (χ1n) is 5.75. The van der Waals surface area contributed by atoms with Gasteiger partial charge in [-0.1, -0.05) is 0 Å². The highest BCUT2D eigenvalue weighted by molar-refractivity contribution is 7.90. The van der Waals surface area contributed by atoms with Crippen LogP contribution in [0.15, 0.2) is 41.4 Å². The molecule has 1 aromatic heterocycles. The molecule has 7 heteroatoms. The molecule has 0 fully saturated rings. The SMILES string of the molecule is COc1ccc(S(=O)(=O)n2ccc(CCl)c2CCl)cc1. The number of aromatic nitrogens is 1. The Kier molecular flexibility index (Phi) is 4.62. The zero-order valence-corrected chi connectivity index (χ0v) is 13.0. The van der Waals surface area contributed by atoms with Gasteiger partial charge in [0, 0.05) is 12.1 Å². The summed E-state index contributed by atoms with van der Waals surface area (Å²) in [6, 6.07) is 7.84. The molecule has 4 nitrogen and oxygen atoms in total. The number of methoxy groups -OCH3 is 1. The first-order valence-corrected chi connectivity index (χ1v) is 8.26. The van der Waals surface area contributed by atoms with E-state index in [9.17, 15) is 8.42 Å². The molecule has 0 unspecified atom stereocenters. The first kappa shape index (κ1) is 15.2. The molecule has 0 saturated heterocycles. The molecule has 0 radical (unpaired) electrons. The molecule has 0 bridgehead atoms. The summed E-state index contributed by atoms with van der Waals surface area (Å²) < 4.78 is 31.3. The maximum Gasteiger partial charge on any atom is 0.267 e. The molecular formula is C13H13Cl2NO3S. The van der Waals surface area contributed by atoms with E-state index in [1.54, 1.807) is 18.2 Å². The van der Waals surface area contributed by atoms with Gasteiger partial charge in [0.25, 0.3) is 10.0 Å². The second-order valence-electron chi connectivity index (χ2n) is 4.03. The fourth-order valence-electron chi connectivity index (χ4n) is 1.84. The molecule has 0 spiro atoms. The number of alkyl halides is 2. The van der Waals surface area contributed by atoms with Gasteiger partial charge < -0.3 is 4.74 Å². The number of hydrogen-bond donors (Lipinski definition) is 0. The lowest BCUT2D eigenvalue weighted by Gasteiger charge is -2.10. The van der Waals surface area contributed by atoms with Crippen molar-refractivity contribution in [3.63, 3.8) is 0 Å². The summed E-state index contributed by atoms with van der Waals surface area (Å²) in [6.07, 6.45) is 1.47. The molecular weight excluding hydrogens is 321 g/mol. The number of nitrogens with zero attached hydrogens (tertiary/aromatic N) is 1. The number of halogens is 2. The zero-order chi connectivity index (χ0) is 14.8. The summed E-state index contributed by atoms with van der Waals surface area (Å²) in [5.74, 6) is 0.882. The van der Waals surface area contributed by atoms with Crippen LogP contribution in [0.2, 0.25) is 0 Å². The van der Waals surface area contributed by atoms with E-state index in [1.165, 1.54) is 29.4 Å². The van der Waals surface area contributed by atoms with Crippen molar-refractivity contribution in [1.82, 2.24) is 3.97 Å². The standard InChI is InChI=1S/C13H13Cl2NO3S/c1-19-11-2-4-12(5-3-11)20(17,18)16-7-6-10(8-14)13(16)9-15/h2-7H,8-9H2,1H3. The molecule has 2 rings (SSSR count). The Morgan fingerprint density at radius 2 is 1.75 bits per heavy atom. The van der Waals surface area contributed by atoms with E-state index in [0.29, 0.717) is 17.0 Å². The van der Waals surface area contributed by atoms with Crippen molar-refractivity contribution in [2.75, 3.05) is 7.11 Å². The van der Waals surface area contributed by atoms with Crippen LogP contribution in [0.1, 0.15) is 11.3 Å². The predicted molar refractivity (Wildman–Crippen MR) is 79.1 cm³/mol. The molecule has 0 atom stereocenters. The third-order valence-electron chi connectivity index (χ3n) is 2.93. The van der Waals surface area contributed by atoms with Crippen molar-refractivity contribution in [2.24, 2.45) is 0 Å². The largest absolute Gasteiger partial charge is 0.497 e. The van der Waals surface area contributed by atoms with Crippen molar-refractivity contribution in [3.8, 4) is 5.75 Å². The van der Waals surface area contributed by atoms with Gasteiger partial charge in [-0.2, -0.15) is 0 Å². The molecule has 0 saturated carbocycles. The average molecular weight is 334 g/mol. The minimum atomic E-state index is -3.68. The number of ether oxygens (including phenoxy) is 1. The van der Waals surface area contributed by atoms with Crippen molar-refractivity contribution in [1.29, 1.82) is 0 Å². The molecule has 0 aliphatic carbocycles. The normalized spacial score (nSPS) is 11.6. The minimum absolute atomic E-state index is 0.0738. The number of hydrogen-bond acceptors (Lipinski definition) is 3. The second-order valence-corrected chi connectivity index (χ2v) is 6.38. The smallest absolute Gasteiger partial charge is 0.267 e. The van der Waals surface area contributed by atoms with Crippen molar-refractivity contribution in [3.05, 3.63) is 47.8 Å². The van der Waals surface area contributed by atoms with Crippen LogP contribution in [-0.2, 0) is 21.8 Å². The van der Waals surface area contributed by atoms with Crippen molar-refractivity contribution >= 4 is 33.2 Å². The molecule has 0 aliphatic heterocycles. The Bertz CT molecular complexity index is 693. The Morgan fingerprint density at radius 3 is 2.25 bits per heavy atom. The van der Waals surface area contributed by atoms with Gasteiger partial charge in [-0.15, -0.1) is 23.2 Å². The van der Waals surface area contributed by atoms with Gasteiger partial charge in [-0.3, -0.25) is 0 Å². The monoisotopic (exact) mass is 333 g/mol. The maximum atomic E-state index is 12.6. The Balaban J connectivity index is 2.51. The lowest BCUT2D eigenvalue weighted by molar-refractivity contribution is 0.414. The number of benzene rings is 1. The molecule has 1 aromatic carbocycles. The van der Waals surface area contributed by atoms with Crippen LogP contribution < -0.4 is 4.74 Å². The van der Waals surface area contributed by atoms with Crippen LogP contribution in [0.3, 0.4) is 0 Å². The van der Waals surface area contributed by atoms with Gasteiger partial charge in [-0.05, 0) is 35.9 Å². The Labute approximate surface area is 127 Å². The van der Waals surface area contributed by atoms with Gasteiger partial charge in [0.1, 0.15) is 5.75 Å². The van der Waals surface area contributed by atoms with E-state index in [0.717, 1.165) is 0 Å². The van der Waals surface area contributed by atoms with Gasteiger partial charge in [0.15, 0.2) is 0 Å². The van der Waals surface area contributed by atoms with Crippen molar-refractivity contribution in [2.45, 2.75) is 16.7 Å². The summed E-state index contributed by atoms with van der Waals surface area (Å²) in [5, 5.41) is 0. The molecule has 0 N–H and O–H groups in total. The van der Waals surface area contributed by atoms with Crippen LogP contribution in [0.4, 0.5) is 0 Å². The fourth-order valence-corrected chi connectivity index (χ4v) is 3.85. The number of rotatable bonds is 5. The highest BCUT2D eigenvalue weighted by Crippen LogP contribution is 2.23.